The minimum atomic E-state index is 0.488. The zero-order valence-electron chi connectivity index (χ0n) is 10.1. The number of halogens is 1. The first-order chi connectivity index (χ1) is 8.09. The highest BCUT2D eigenvalue weighted by Gasteiger charge is 2.08. The molecule has 2 heteroatoms. The molecule has 0 aliphatic heterocycles. The van der Waals surface area contributed by atoms with Crippen LogP contribution in [0.5, 0.6) is 0 Å². The van der Waals surface area contributed by atoms with Crippen molar-refractivity contribution in [2.45, 2.75) is 19.8 Å². The number of hydrogen-bond acceptors (Lipinski definition) is 1. The lowest BCUT2D eigenvalue weighted by Crippen LogP contribution is -1.93. The molecule has 0 aliphatic carbocycles. The summed E-state index contributed by atoms with van der Waals surface area (Å²) in [5, 5.41) is 0.612. The van der Waals surface area contributed by atoms with E-state index in [2.05, 4.69) is 32.0 Å². The topological polar surface area (TPSA) is 26.0 Å². The van der Waals surface area contributed by atoms with Gasteiger partial charge in [-0.05, 0) is 34.7 Å². The maximum Gasteiger partial charge on any atom is 0.0641 e. The Bertz CT molecular complexity index is 532. The molecule has 88 valence electrons. The third kappa shape index (κ3) is 2.45. The fraction of sp³-hybridized carbons (Fsp3) is 0.200. The molecular weight excluding hydrogens is 230 g/mol. The molecule has 0 aromatic heterocycles. The molecular formula is C15H16ClN. The van der Waals surface area contributed by atoms with Crippen LogP contribution in [0.4, 0.5) is 5.69 Å². The maximum absolute atomic E-state index is 6.07. The summed E-state index contributed by atoms with van der Waals surface area (Å²) in [7, 11) is 0. The SMILES string of the molecule is CC(C)c1ccccc1-c1ccc(N)c(Cl)c1. The van der Waals surface area contributed by atoms with E-state index < -0.39 is 0 Å². The van der Waals surface area contributed by atoms with Crippen LogP contribution in [0, 0.1) is 0 Å². The smallest absolute Gasteiger partial charge is 0.0641 e. The Labute approximate surface area is 107 Å². The van der Waals surface area contributed by atoms with Gasteiger partial charge in [-0.1, -0.05) is 55.8 Å². The van der Waals surface area contributed by atoms with Crippen molar-refractivity contribution in [2.24, 2.45) is 0 Å². The molecule has 2 aromatic rings. The summed E-state index contributed by atoms with van der Waals surface area (Å²) in [6.45, 7) is 4.38. The van der Waals surface area contributed by atoms with Gasteiger partial charge in [-0.15, -0.1) is 0 Å². The van der Waals surface area contributed by atoms with Crippen LogP contribution in [0.15, 0.2) is 42.5 Å². The van der Waals surface area contributed by atoms with Crippen molar-refractivity contribution in [3.8, 4) is 11.1 Å². The molecule has 0 fully saturated rings. The maximum atomic E-state index is 6.07. The lowest BCUT2D eigenvalue weighted by Gasteiger charge is -2.13. The molecule has 0 aliphatic rings. The number of anilines is 1. The zero-order chi connectivity index (χ0) is 12.4. The molecule has 0 heterocycles. The van der Waals surface area contributed by atoms with Gasteiger partial charge in [0.2, 0.25) is 0 Å². The van der Waals surface area contributed by atoms with E-state index in [1.54, 1.807) is 0 Å². The Balaban J connectivity index is 2.56. The standard InChI is InChI=1S/C15H16ClN/c1-10(2)12-5-3-4-6-13(12)11-7-8-15(17)14(16)9-11/h3-10H,17H2,1-2H3. The molecule has 17 heavy (non-hydrogen) atoms. The minimum absolute atomic E-state index is 0.488. The predicted molar refractivity (Wildman–Crippen MR) is 75.4 cm³/mol. The van der Waals surface area contributed by atoms with Crippen LogP contribution in [-0.2, 0) is 0 Å². The van der Waals surface area contributed by atoms with Gasteiger partial charge in [-0.3, -0.25) is 0 Å². The normalized spacial score (nSPS) is 10.8. The van der Waals surface area contributed by atoms with E-state index >= 15 is 0 Å². The molecule has 0 atom stereocenters. The van der Waals surface area contributed by atoms with E-state index in [4.69, 9.17) is 17.3 Å². The summed E-state index contributed by atoms with van der Waals surface area (Å²) in [6, 6.07) is 14.2. The van der Waals surface area contributed by atoms with E-state index in [1.807, 2.05) is 24.3 Å². The van der Waals surface area contributed by atoms with Gasteiger partial charge < -0.3 is 5.73 Å². The second kappa shape index (κ2) is 4.80. The van der Waals surface area contributed by atoms with Crippen LogP contribution in [0.3, 0.4) is 0 Å². The van der Waals surface area contributed by atoms with Gasteiger partial charge in [-0.2, -0.15) is 0 Å². The highest BCUT2D eigenvalue weighted by Crippen LogP contribution is 2.32. The van der Waals surface area contributed by atoms with E-state index in [9.17, 15) is 0 Å². The monoisotopic (exact) mass is 245 g/mol. The number of benzene rings is 2. The number of nitrogens with two attached hydrogens (primary N) is 1. The van der Waals surface area contributed by atoms with Crippen molar-refractivity contribution in [1.82, 2.24) is 0 Å². The minimum Gasteiger partial charge on any atom is -0.398 e. The molecule has 0 unspecified atom stereocenters. The molecule has 1 nitrogen and oxygen atoms in total. The van der Waals surface area contributed by atoms with Crippen molar-refractivity contribution in [2.75, 3.05) is 5.73 Å². The van der Waals surface area contributed by atoms with Crippen molar-refractivity contribution < 1.29 is 0 Å². The first-order valence-electron chi connectivity index (χ1n) is 5.74. The first kappa shape index (κ1) is 12.0. The Hall–Kier alpha value is -1.47. The van der Waals surface area contributed by atoms with E-state index in [0.717, 1.165) is 5.56 Å². The van der Waals surface area contributed by atoms with Gasteiger partial charge in [0, 0.05) is 0 Å². The zero-order valence-corrected chi connectivity index (χ0v) is 10.8. The van der Waals surface area contributed by atoms with Gasteiger partial charge in [0.25, 0.3) is 0 Å². The second-order valence-corrected chi connectivity index (χ2v) is 4.89. The fourth-order valence-corrected chi connectivity index (χ4v) is 2.14. The largest absolute Gasteiger partial charge is 0.398 e. The summed E-state index contributed by atoms with van der Waals surface area (Å²) in [5.74, 6) is 0.488. The van der Waals surface area contributed by atoms with E-state index in [1.165, 1.54) is 11.1 Å². The van der Waals surface area contributed by atoms with Crippen molar-refractivity contribution in [1.29, 1.82) is 0 Å². The molecule has 0 amide bonds. The molecule has 2 aromatic carbocycles. The molecule has 0 saturated heterocycles. The molecule has 0 bridgehead atoms. The Morgan fingerprint density at radius 3 is 2.41 bits per heavy atom. The molecule has 0 saturated carbocycles. The average molecular weight is 246 g/mol. The number of rotatable bonds is 2. The summed E-state index contributed by atoms with van der Waals surface area (Å²) in [6.07, 6.45) is 0. The molecule has 2 N–H and O–H groups in total. The van der Waals surface area contributed by atoms with E-state index in [0.29, 0.717) is 16.6 Å². The number of hydrogen-bond donors (Lipinski definition) is 1. The highest BCUT2D eigenvalue weighted by atomic mass is 35.5. The number of nitrogen functional groups attached to an aromatic ring is 1. The summed E-state index contributed by atoms with van der Waals surface area (Å²) < 4.78 is 0. The van der Waals surface area contributed by atoms with Crippen LogP contribution in [0.25, 0.3) is 11.1 Å². The van der Waals surface area contributed by atoms with Crippen LogP contribution in [0.2, 0.25) is 5.02 Å². The average Bonchev–Trinajstić information content (AvgIpc) is 2.32. The van der Waals surface area contributed by atoms with E-state index in [-0.39, 0.29) is 0 Å². The predicted octanol–water partition coefficient (Wildman–Crippen LogP) is 4.71. The lowest BCUT2D eigenvalue weighted by molar-refractivity contribution is 0.869. The third-order valence-corrected chi connectivity index (χ3v) is 3.22. The van der Waals surface area contributed by atoms with Gasteiger partial charge >= 0.3 is 0 Å². The van der Waals surface area contributed by atoms with Crippen molar-refractivity contribution in [3.63, 3.8) is 0 Å². The van der Waals surface area contributed by atoms with Crippen molar-refractivity contribution in [3.05, 3.63) is 53.1 Å². The lowest BCUT2D eigenvalue weighted by atomic mass is 9.93. The molecule has 0 radical (unpaired) electrons. The summed E-state index contributed by atoms with van der Waals surface area (Å²) >= 11 is 6.07. The van der Waals surface area contributed by atoms with Gasteiger partial charge in [0.05, 0.1) is 10.7 Å². The summed E-state index contributed by atoms with van der Waals surface area (Å²) in [5.41, 5.74) is 10.0. The Kier molecular flexibility index (Phi) is 3.39. The molecule has 0 spiro atoms. The Morgan fingerprint density at radius 2 is 1.76 bits per heavy atom. The van der Waals surface area contributed by atoms with Gasteiger partial charge in [-0.25, -0.2) is 0 Å². The van der Waals surface area contributed by atoms with Crippen LogP contribution in [0.1, 0.15) is 25.3 Å². The van der Waals surface area contributed by atoms with Crippen LogP contribution in [-0.4, -0.2) is 0 Å². The van der Waals surface area contributed by atoms with Gasteiger partial charge in [0.15, 0.2) is 0 Å². The Morgan fingerprint density at radius 1 is 1.06 bits per heavy atom. The second-order valence-electron chi connectivity index (χ2n) is 4.48. The first-order valence-corrected chi connectivity index (χ1v) is 6.11. The van der Waals surface area contributed by atoms with Crippen molar-refractivity contribution >= 4 is 17.3 Å². The molecule has 2 rings (SSSR count). The quantitative estimate of drug-likeness (QED) is 0.762. The van der Waals surface area contributed by atoms with Gasteiger partial charge in [0.1, 0.15) is 0 Å². The van der Waals surface area contributed by atoms with Crippen LogP contribution >= 0.6 is 11.6 Å². The fourth-order valence-electron chi connectivity index (χ4n) is 1.96. The highest BCUT2D eigenvalue weighted by molar-refractivity contribution is 6.33. The third-order valence-electron chi connectivity index (χ3n) is 2.89. The summed E-state index contributed by atoms with van der Waals surface area (Å²) in [4.78, 5) is 0. The van der Waals surface area contributed by atoms with Crippen LogP contribution < -0.4 is 5.73 Å².